The molecule has 24 heavy (non-hydrogen) atoms. The van der Waals surface area contributed by atoms with Crippen LogP contribution >= 0.6 is 0 Å². The number of carbonyl (C=O) groups is 2. The summed E-state index contributed by atoms with van der Waals surface area (Å²) in [4.78, 5) is 23.2. The fraction of sp³-hybridized carbons (Fsp3) is 0.789. The highest BCUT2D eigenvalue weighted by Gasteiger charge is 2.39. The maximum Gasteiger partial charge on any atom is 0.305 e. The molecule has 0 amide bonds. The summed E-state index contributed by atoms with van der Waals surface area (Å²) in [5.41, 5.74) is 0. The fourth-order valence-corrected chi connectivity index (χ4v) is 3.28. The van der Waals surface area contributed by atoms with Gasteiger partial charge in [0.05, 0.1) is 19.3 Å². The molecule has 0 radical (unpaired) electrons. The highest BCUT2D eigenvalue weighted by Crippen LogP contribution is 2.34. The molecule has 0 aromatic rings. The summed E-state index contributed by atoms with van der Waals surface area (Å²) >= 11 is 0. The van der Waals surface area contributed by atoms with Crippen molar-refractivity contribution in [2.45, 2.75) is 76.9 Å². The second-order valence-electron chi connectivity index (χ2n) is 6.69. The third kappa shape index (κ3) is 7.14. The molecule has 0 heterocycles. The Labute approximate surface area is 145 Å². The van der Waals surface area contributed by atoms with Gasteiger partial charge in [-0.25, -0.2) is 0 Å². The molecule has 1 aliphatic rings. The molecule has 0 aliphatic heterocycles. The van der Waals surface area contributed by atoms with Gasteiger partial charge in [-0.05, 0) is 19.3 Å². The highest BCUT2D eigenvalue weighted by molar-refractivity contribution is 5.84. The Morgan fingerprint density at radius 3 is 2.75 bits per heavy atom. The number of unbranched alkanes of at least 4 members (excludes halogenated alkanes) is 3. The zero-order valence-electron chi connectivity index (χ0n) is 14.9. The molecular formula is C19H32O5. The van der Waals surface area contributed by atoms with Gasteiger partial charge in [0.1, 0.15) is 5.78 Å². The van der Waals surface area contributed by atoms with Gasteiger partial charge in [0.15, 0.2) is 0 Å². The van der Waals surface area contributed by atoms with Gasteiger partial charge in [-0.1, -0.05) is 44.8 Å². The molecule has 0 bridgehead atoms. The number of ether oxygens (including phenoxy) is 1. The molecule has 1 unspecified atom stereocenters. The zero-order chi connectivity index (χ0) is 17.9. The molecule has 2 N–H and O–H groups in total. The van der Waals surface area contributed by atoms with E-state index in [0.29, 0.717) is 25.7 Å². The van der Waals surface area contributed by atoms with Crippen molar-refractivity contribution in [1.82, 2.24) is 0 Å². The molecule has 0 aromatic heterocycles. The summed E-state index contributed by atoms with van der Waals surface area (Å²) in [7, 11) is 1.37. The van der Waals surface area contributed by atoms with Gasteiger partial charge in [-0.15, -0.1) is 0 Å². The number of rotatable bonds is 11. The Morgan fingerprint density at radius 2 is 2.08 bits per heavy atom. The second kappa shape index (κ2) is 11.4. The number of methoxy groups -OCH3 is 1. The van der Waals surface area contributed by atoms with Crippen LogP contribution in [0, 0.1) is 11.8 Å². The average Bonchev–Trinajstić information content (AvgIpc) is 2.82. The van der Waals surface area contributed by atoms with E-state index in [1.807, 2.05) is 6.08 Å². The first-order valence-electron chi connectivity index (χ1n) is 9.13. The van der Waals surface area contributed by atoms with Gasteiger partial charge in [-0.2, -0.15) is 0 Å². The van der Waals surface area contributed by atoms with Crippen LogP contribution in [0.2, 0.25) is 0 Å². The lowest BCUT2D eigenvalue weighted by molar-refractivity contribution is -0.140. The lowest BCUT2D eigenvalue weighted by Gasteiger charge is -2.18. The molecule has 138 valence electrons. The minimum atomic E-state index is -0.665. The van der Waals surface area contributed by atoms with E-state index < -0.39 is 12.2 Å². The first kappa shape index (κ1) is 20.8. The van der Waals surface area contributed by atoms with Crippen LogP contribution in [-0.4, -0.2) is 41.3 Å². The Bertz CT molecular complexity index is 418. The maximum absolute atomic E-state index is 12.1. The minimum absolute atomic E-state index is 0.0793. The van der Waals surface area contributed by atoms with Crippen molar-refractivity contribution in [2.24, 2.45) is 11.8 Å². The van der Waals surface area contributed by atoms with Gasteiger partial charge in [0, 0.05) is 24.7 Å². The van der Waals surface area contributed by atoms with Crippen LogP contribution in [-0.2, 0) is 14.3 Å². The van der Waals surface area contributed by atoms with Crippen molar-refractivity contribution in [3.05, 3.63) is 12.2 Å². The van der Waals surface area contributed by atoms with Gasteiger partial charge >= 0.3 is 5.97 Å². The van der Waals surface area contributed by atoms with Crippen LogP contribution in [0.1, 0.15) is 64.7 Å². The number of aliphatic hydroxyl groups excluding tert-OH is 2. The molecule has 0 spiro atoms. The topological polar surface area (TPSA) is 83.8 Å². The Kier molecular flexibility index (Phi) is 9.88. The average molecular weight is 340 g/mol. The molecular weight excluding hydrogens is 308 g/mol. The number of Topliss-reactive ketones (excluding diaryl/α,β-unsaturated/α-hetero) is 1. The molecule has 0 saturated heterocycles. The van der Waals surface area contributed by atoms with Crippen LogP contribution in [0.3, 0.4) is 0 Å². The lowest BCUT2D eigenvalue weighted by atomic mass is 9.88. The lowest BCUT2D eigenvalue weighted by Crippen LogP contribution is -2.19. The second-order valence-corrected chi connectivity index (χ2v) is 6.69. The number of esters is 1. The number of hydrogen-bond acceptors (Lipinski definition) is 5. The summed E-state index contributed by atoms with van der Waals surface area (Å²) in [6, 6.07) is 0. The minimum Gasteiger partial charge on any atom is -0.469 e. The third-order valence-corrected chi connectivity index (χ3v) is 4.77. The Balaban J connectivity index is 2.46. The zero-order valence-corrected chi connectivity index (χ0v) is 14.9. The summed E-state index contributed by atoms with van der Waals surface area (Å²) in [6.07, 6.45) is 8.90. The summed E-state index contributed by atoms with van der Waals surface area (Å²) in [6.45, 7) is 2.12. The molecule has 1 saturated carbocycles. The van der Waals surface area contributed by atoms with Crippen molar-refractivity contribution in [1.29, 1.82) is 0 Å². The normalized spacial score (nSPS) is 25.3. The van der Waals surface area contributed by atoms with Crippen molar-refractivity contribution < 1.29 is 24.5 Å². The molecule has 1 aliphatic carbocycles. The van der Waals surface area contributed by atoms with E-state index in [4.69, 9.17) is 0 Å². The van der Waals surface area contributed by atoms with Crippen LogP contribution in [0.25, 0.3) is 0 Å². The number of ketones is 1. The van der Waals surface area contributed by atoms with Gasteiger partial charge in [0.25, 0.3) is 0 Å². The SMILES string of the molecule is CCCCCC(O)C=C[C@H]1[C@H](O)CC(=O)[C@H]1CCCCC(=O)OC. The van der Waals surface area contributed by atoms with E-state index in [1.165, 1.54) is 7.11 Å². The molecule has 5 nitrogen and oxygen atoms in total. The van der Waals surface area contributed by atoms with Crippen molar-refractivity contribution in [3.8, 4) is 0 Å². The van der Waals surface area contributed by atoms with Gasteiger partial charge in [-0.3, -0.25) is 9.59 Å². The Hall–Kier alpha value is -1.20. The maximum atomic E-state index is 12.1. The third-order valence-electron chi connectivity index (χ3n) is 4.77. The standard InChI is InChI=1S/C19H32O5/c1-3-4-5-8-14(20)11-12-16-15(17(21)13-18(16)22)9-6-7-10-19(23)24-2/h11-12,14-16,18,20,22H,3-10,13H2,1-2H3/t14?,15-,16+,18+/m0/s1. The fourth-order valence-electron chi connectivity index (χ4n) is 3.28. The summed E-state index contributed by atoms with van der Waals surface area (Å²) in [5, 5.41) is 20.1. The molecule has 5 heteroatoms. The first-order valence-corrected chi connectivity index (χ1v) is 9.13. The van der Waals surface area contributed by atoms with Crippen molar-refractivity contribution >= 4 is 11.8 Å². The molecule has 1 rings (SSSR count). The number of aliphatic hydroxyl groups is 2. The largest absolute Gasteiger partial charge is 0.469 e. The van der Waals surface area contributed by atoms with E-state index in [2.05, 4.69) is 11.7 Å². The van der Waals surface area contributed by atoms with Crippen molar-refractivity contribution in [3.63, 3.8) is 0 Å². The predicted octanol–water partition coefficient (Wildman–Crippen LogP) is 2.78. The van der Waals surface area contributed by atoms with Crippen LogP contribution in [0.5, 0.6) is 0 Å². The van der Waals surface area contributed by atoms with Crippen LogP contribution in [0.4, 0.5) is 0 Å². The monoisotopic (exact) mass is 340 g/mol. The number of hydrogen-bond donors (Lipinski definition) is 2. The number of carbonyl (C=O) groups excluding carboxylic acids is 2. The van der Waals surface area contributed by atoms with Gasteiger partial charge < -0.3 is 14.9 Å². The quantitative estimate of drug-likeness (QED) is 0.343. The molecule has 0 aromatic carbocycles. The Morgan fingerprint density at radius 1 is 1.33 bits per heavy atom. The van der Waals surface area contributed by atoms with Crippen molar-refractivity contribution in [2.75, 3.05) is 7.11 Å². The van der Waals surface area contributed by atoms with E-state index in [0.717, 1.165) is 25.7 Å². The van der Waals surface area contributed by atoms with E-state index >= 15 is 0 Å². The highest BCUT2D eigenvalue weighted by atomic mass is 16.5. The van der Waals surface area contributed by atoms with Gasteiger partial charge in [0.2, 0.25) is 0 Å². The van der Waals surface area contributed by atoms with E-state index in [1.54, 1.807) is 6.08 Å². The van der Waals surface area contributed by atoms with E-state index in [-0.39, 0.29) is 30.0 Å². The summed E-state index contributed by atoms with van der Waals surface area (Å²) < 4.78 is 4.60. The first-order chi connectivity index (χ1) is 11.5. The molecule has 1 fully saturated rings. The van der Waals surface area contributed by atoms with Crippen LogP contribution < -0.4 is 0 Å². The van der Waals surface area contributed by atoms with Crippen LogP contribution in [0.15, 0.2) is 12.2 Å². The smallest absolute Gasteiger partial charge is 0.305 e. The molecule has 4 atom stereocenters. The summed E-state index contributed by atoms with van der Waals surface area (Å²) in [5.74, 6) is -0.594. The predicted molar refractivity (Wildman–Crippen MR) is 92.4 cm³/mol. The van der Waals surface area contributed by atoms with E-state index in [9.17, 15) is 19.8 Å².